The number of carbonyl (C=O) groups excluding carboxylic acids is 2. The number of hydrogen-bond acceptors (Lipinski definition) is 2. The van der Waals surface area contributed by atoms with E-state index in [0.29, 0.717) is 6.42 Å². The largest absolute Gasteiger partial charge is 0.352 e. The fraction of sp³-hybridized carbons (Fsp3) is 0.429. The molecule has 1 aromatic rings. The van der Waals surface area contributed by atoms with Crippen molar-refractivity contribution < 1.29 is 14.0 Å². The van der Waals surface area contributed by atoms with Gasteiger partial charge in [-0.05, 0) is 38.0 Å². The molecule has 1 rings (SSSR count). The lowest BCUT2D eigenvalue weighted by Crippen LogP contribution is -2.39. The number of carbonyl (C=O) groups is 2. The highest BCUT2D eigenvalue weighted by molar-refractivity contribution is 5.84. The van der Waals surface area contributed by atoms with E-state index in [1.807, 2.05) is 13.8 Å². The lowest BCUT2D eigenvalue weighted by atomic mass is 10.1. The standard InChI is InChI=1S/C14H19FN2O2/c1-10(2)17-14(19)9-16-13(18)8-5-11-3-6-12(15)7-4-11/h3-4,6-7,10H,5,8-9H2,1-2H3,(H,16,18)(H,17,19). The van der Waals surface area contributed by atoms with Crippen molar-refractivity contribution in [3.05, 3.63) is 35.6 Å². The van der Waals surface area contributed by atoms with Crippen LogP contribution in [0.2, 0.25) is 0 Å². The van der Waals surface area contributed by atoms with Crippen molar-refractivity contribution in [2.75, 3.05) is 6.54 Å². The first-order chi connectivity index (χ1) is 8.97. The second-order valence-corrected chi connectivity index (χ2v) is 4.63. The summed E-state index contributed by atoms with van der Waals surface area (Å²) in [5.74, 6) is -0.688. The number of amides is 2. The van der Waals surface area contributed by atoms with Gasteiger partial charge in [0.05, 0.1) is 6.54 Å². The van der Waals surface area contributed by atoms with Crippen molar-refractivity contribution in [1.29, 1.82) is 0 Å². The highest BCUT2D eigenvalue weighted by atomic mass is 19.1. The van der Waals surface area contributed by atoms with Gasteiger partial charge in [0.25, 0.3) is 0 Å². The first-order valence-electron chi connectivity index (χ1n) is 6.28. The van der Waals surface area contributed by atoms with E-state index in [9.17, 15) is 14.0 Å². The number of halogens is 1. The molecule has 104 valence electrons. The van der Waals surface area contributed by atoms with Gasteiger partial charge in [0.2, 0.25) is 11.8 Å². The zero-order chi connectivity index (χ0) is 14.3. The summed E-state index contributed by atoms with van der Waals surface area (Å²) in [5, 5.41) is 5.23. The molecule has 0 atom stereocenters. The fourth-order valence-electron chi connectivity index (χ4n) is 1.55. The van der Waals surface area contributed by atoms with Gasteiger partial charge in [-0.15, -0.1) is 0 Å². The van der Waals surface area contributed by atoms with E-state index in [1.165, 1.54) is 12.1 Å². The van der Waals surface area contributed by atoms with E-state index in [2.05, 4.69) is 10.6 Å². The van der Waals surface area contributed by atoms with Crippen LogP contribution in [0, 0.1) is 5.82 Å². The molecule has 2 amide bonds. The SMILES string of the molecule is CC(C)NC(=O)CNC(=O)CCc1ccc(F)cc1. The van der Waals surface area contributed by atoms with Gasteiger partial charge in [-0.25, -0.2) is 4.39 Å². The summed E-state index contributed by atoms with van der Waals surface area (Å²) in [4.78, 5) is 22.8. The molecular weight excluding hydrogens is 247 g/mol. The molecular formula is C14H19FN2O2. The van der Waals surface area contributed by atoms with Crippen molar-refractivity contribution in [3.63, 3.8) is 0 Å². The first-order valence-corrected chi connectivity index (χ1v) is 6.28. The highest BCUT2D eigenvalue weighted by Gasteiger charge is 2.06. The molecule has 5 heteroatoms. The summed E-state index contributed by atoms with van der Waals surface area (Å²) < 4.78 is 12.7. The van der Waals surface area contributed by atoms with Crippen LogP contribution >= 0.6 is 0 Å². The smallest absolute Gasteiger partial charge is 0.239 e. The van der Waals surface area contributed by atoms with E-state index in [0.717, 1.165) is 5.56 Å². The molecule has 19 heavy (non-hydrogen) atoms. The molecule has 0 fully saturated rings. The molecule has 0 saturated carbocycles. The van der Waals surface area contributed by atoms with Crippen molar-refractivity contribution >= 4 is 11.8 Å². The van der Waals surface area contributed by atoms with E-state index in [-0.39, 0.29) is 36.6 Å². The van der Waals surface area contributed by atoms with Gasteiger partial charge in [0, 0.05) is 12.5 Å². The molecule has 0 aliphatic carbocycles. The van der Waals surface area contributed by atoms with Crippen molar-refractivity contribution in [2.45, 2.75) is 32.7 Å². The maximum absolute atomic E-state index is 12.7. The number of aryl methyl sites for hydroxylation is 1. The summed E-state index contributed by atoms with van der Waals surface area (Å²) in [6.45, 7) is 3.70. The van der Waals surface area contributed by atoms with Crippen molar-refractivity contribution in [2.24, 2.45) is 0 Å². The van der Waals surface area contributed by atoms with Gasteiger partial charge in [-0.1, -0.05) is 12.1 Å². The Labute approximate surface area is 112 Å². The van der Waals surface area contributed by atoms with E-state index in [1.54, 1.807) is 12.1 Å². The predicted octanol–water partition coefficient (Wildman–Crippen LogP) is 1.40. The third kappa shape index (κ3) is 6.55. The molecule has 2 N–H and O–H groups in total. The lowest BCUT2D eigenvalue weighted by Gasteiger charge is -2.09. The molecule has 0 heterocycles. The van der Waals surface area contributed by atoms with Gasteiger partial charge in [-0.2, -0.15) is 0 Å². The Bertz CT molecular complexity index is 430. The van der Waals surface area contributed by atoms with Crippen LogP contribution in [0.15, 0.2) is 24.3 Å². The summed E-state index contributed by atoms with van der Waals surface area (Å²) in [5.41, 5.74) is 0.892. The Hall–Kier alpha value is -1.91. The third-order valence-electron chi connectivity index (χ3n) is 2.45. The quantitative estimate of drug-likeness (QED) is 0.817. The number of benzene rings is 1. The van der Waals surface area contributed by atoms with Crippen LogP contribution in [0.3, 0.4) is 0 Å². The Morgan fingerprint density at radius 1 is 1.16 bits per heavy atom. The Morgan fingerprint density at radius 2 is 1.79 bits per heavy atom. The van der Waals surface area contributed by atoms with Gasteiger partial charge < -0.3 is 10.6 Å². The normalized spacial score (nSPS) is 10.3. The maximum atomic E-state index is 12.7. The Kier molecular flexibility index (Phi) is 5.99. The van der Waals surface area contributed by atoms with E-state index in [4.69, 9.17) is 0 Å². The minimum atomic E-state index is -0.293. The molecule has 4 nitrogen and oxygen atoms in total. The van der Waals surface area contributed by atoms with Gasteiger partial charge in [-0.3, -0.25) is 9.59 Å². The number of hydrogen-bond donors (Lipinski definition) is 2. The van der Waals surface area contributed by atoms with Gasteiger partial charge in [0.1, 0.15) is 5.82 Å². The van der Waals surface area contributed by atoms with Gasteiger partial charge >= 0.3 is 0 Å². The number of rotatable bonds is 6. The highest BCUT2D eigenvalue weighted by Crippen LogP contribution is 2.05. The minimum Gasteiger partial charge on any atom is -0.352 e. The lowest BCUT2D eigenvalue weighted by molar-refractivity contribution is -0.126. The predicted molar refractivity (Wildman–Crippen MR) is 71.0 cm³/mol. The zero-order valence-corrected chi connectivity index (χ0v) is 11.2. The van der Waals surface area contributed by atoms with Crippen LogP contribution in [0.5, 0.6) is 0 Å². The van der Waals surface area contributed by atoms with Crippen LogP contribution in [0.4, 0.5) is 4.39 Å². The average Bonchev–Trinajstić information content (AvgIpc) is 2.35. The molecule has 1 aromatic carbocycles. The van der Waals surface area contributed by atoms with Crippen LogP contribution in [0.1, 0.15) is 25.8 Å². The van der Waals surface area contributed by atoms with E-state index < -0.39 is 0 Å². The van der Waals surface area contributed by atoms with Crippen LogP contribution < -0.4 is 10.6 Å². The maximum Gasteiger partial charge on any atom is 0.239 e. The fourth-order valence-corrected chi connectivity index (χ4v) is 1.55. The number of nitrogens with one attached hydrogen (secondary N) is 2. The molecule has 0 bridgehead atoms. The monoisotopic (exact) mass is 266 g/mol. The second kappa shape index (κ2) is 7.51. The summed E-state index contributed by atoms with van der Waals surface area (Å²) in [7, 11) is 0. The summed E-state index contributed by atoms with van der Waals surface area (Å²) in [6, 6.07) is 6.08. The zero-order valence-electron chi connectivity index (χ0n) is 11.2. The van der Waals surface area contributed by atoms with E-state index >= 15 is 0 Å². The summed E-state index contributed by atoms with van der Waals surface area (Å²) in [6.07, 6.45) is 0.804. The average molecular weight is 266 g/mol. The Morgan fingerprint density at radius 3 is 2.37 bits per heavy atom. The summed E-state index contributed by atoms with van der Waals surface area (Å²) >= 11 is 0. The van der Waals surface area contributed by atoms with Crippen LogP contribution in [-0.4, -0.2) is 24.4 Å². The third-order valence-corrected chi connectivity index (χ3v) is 2.45. The van der Waals surface area contributed by atoms with Crippen molar-refractivity contribution in [3.8, 4) is 0 Å². The molecule has 0 spiro atoms. The minimum absolute atomic E-state index is 0.0135. The van der Waals surface area contributed by atoms with Gasteiger partial charge in [0.15, 0.2) is 0 Å². The molecule has 0 radical (unpaired) electrons. The molecule has 0 aromatic heterocycles. The van der Waals surface area contributed by atoms with Crippen LogP contribution in [-0.2, 0) is 16.0 Å². The second-order valence-electron chi connectivity index (χ2n) is 4.63. The van der Waals surface area contributed by atoms with Crippen LogP contribution in [0.25, 0.3) is 0 Å². The Balaban J connectivity index is 2.24. The molecule has 0 aliphatic rings. The molecule has 0 aliphatic heterocycles. The van der Waals surface area contributed by atoms with Crippen molar-refractivity contribution in [1.82, 2.24) is 10.6 Å². The molecule has 0 unspecified atom stereocenters. The molecule has 0 saturated heterocycles. The topological polar surface area (TPSA) is 58.2 Å². The first kappa shape index (κ1) is 15.1.